The van der Waals surface area contributed by atoms with E-state index in [0.717, 1.165) is 5.69 Å². The number of carbonyl (C=O) groups excluding carboxylic acids is 1. The number of halogens is 1. The molecule has 0 radical (unpaired) electrons. The molecule has 0 bridgehead atoms. The van der Waals surface area contributed by atoms with Crippen LogP contribution in [0.25, 0.3) is 0 Å². The molecule has 5 heteroatoms. The van der Waals surface area contributed by atoms with Crippen LogP contribution in [0.2, 0.25) is 5.02 Å². The molecule has 4 nitrogen and oxygen atoms in total. The summed E-state index contributed by atoms with van der Waals surface area (Å²) in [6, 6.07) is 5.52. The highest BCUT2D eigenvalue weighted by Gasteiger charge is 2.45. The summed E-state index contributed by atoms with van der Waals surface area (Å²) in [6.07, 6.45) is 0.685. The molecule has 1 atom stereocenters. The molecule has 1 saturated heterocycles. The van der Waals surface area contributed by atoms with Crippen LogP contribution >= 0.6 is 11.6 Å². The van der Waals surface area contributed by atoms with Crippen LogP contribution < -0.4 is 10.6 Å². The lowest BCUT2D eigenvalue weighted by Crippen LogP contribution is -2.53. The van der Waals surface area contributed by atoms with E-state index in [2.05, 4.69) is 10.6 Å². The summed E-state index contributed by atoms with van der Waals surface area (Å²) < 4.78 is 5.30. The third-order valence-electron chi connectivity index (χ3n) is 3.08. The first kappa shape index (κ1) is 9.93. The lowest BCUT2D eigenvalue weighted by Gasteiger charge is -2.34. The van der Waals surface area contributed by atoms with E-state index in [1.54, 1.807) is 6.07 Å². The topological polar surface area (TPSA) is 50.4 Å². The Morgan fingerprint density at radius 1 is 1.44 bits per heavy atom. The summed E-state index contributed by atoms with van der Waals surface area (Å²) in [7, 11) is 0. The normalized spacial score (nSPS) is 27.4. The molecule has 84 valence electrons. The molecular formula is C11H11ClN2O2. The van der Waals surface area contributed by atoms with Gasteiger partial charge in [-0.3, -0.25) is 4.79 Å². The van der Waals surface area contributed by atoms with E-state index < -0.39 is 5.54 Å². The van der Waals surface area contributed by atoms with E-state index in [9.17, 15) is 4.79 Å². The zero-order valence-electron chi connectivity index (χ0n) is 8.55. The number of amides is 1. The molecule has 1 aromatic carbocycles. The van der Waals surface area contributed by atoms with Crippen molar-refractivity contribution in [2.24, 2.45) is 0 Å². The SMILES string of the molecule is O=C1Nc2c(Cl)cccc2NC12CCOC2. The molecule has 0 aromatic heterocycles. The minimum Gasteiger partial charge on any atom is -0.378 e. The first-order valence-corrected chi connectivity index (χ1v) is 5.55. The third kappa shape index (κ3) is 1.30. The van der Waals surface area contributed by atoms with Gasteiger partial charge in [0.1, 0.15) is 5.54 Å². The van der Waals surface area contributed by atoms with Crippen LogP contribution in [-0.2, 0) is 9.53 Å². The summed E-state index contributed by atoms with van der Waals surface area (Å²) in [5, 5.41) is 6.64. The Hall–Kier alpha value is -1.26. The zero-order chi connectivity index (χ0) is 11.2. The molecule has 1 spiro atoms. The van der Waals surface area contributed by atoms with Gasteiger partial charge in [-0.1, -0.05) is 17.7 Å². The van der Waals surface area contributed by atoms with E-state index in [1.807, 2.05) is 12.1 Å². The number of fused-ring (bicyclic) bond motifs is 1. The number of anilines is 2. The molecule has 2 heterocycles. The molecule has 1 unspecified atom stereocenters. The largest absolute Gasteiger partial charge is 0.378 e. The number of ether oxygens (including phenoxy) is 1. The second-order valence-corrected chi connectivity index (χ2v) is 4.53. The Labute approximate surface area is 97.9 Å². The number of para-hydroxylation sites is 1. The highest BCUT2D eigenvalue weighted by Crippen LogP contribution is 2.38. The molecule has 2 aliphatic heterocycles. The quantitative estimate of drug-likeness (QED) is 0.726. The second kappa shape index (κ2) is 3.37. The van der Waals surface area contributed by atoms with Crippen LogP contribution in [0.3, 0.4) is 0 Å². The van der Waals surface area contributed by atoms with Crippen LogP contribution in [0, 0.1) is 0 Å². The number of hydrogen-bond donors (Lipinski definition) is 2. The number of benzene rings is 1. The fourth-order valence-electron chi connectivity index (χ4n) is 2.15. The van der Waals surface area contributed by atoms with Gasteiger partial charge in [0.2, 0.25) is 0 Å². The zero-order valence-corrected chi connectivity index (χ0v) is 9.30. The molecule has 1 amide bonds. The van der Waals surface area contributed by atoms with Crippen LogP contribution in [0.15, 0.2) is 18.2 Å². The van der Waals surface area contributed by atoms with Gasteiger partial charge in [0.05, 0.1) is 23.0 Å². The lowest BCUT2D eigenvalue weighted by atomic mass is 9.94. The van der Waals surface area contributed by atoms with Crippen molar-refractivity contribution in [2.75, 3.05) is 23.8 Å². The van der Waals surface area contributed by atoms with Crippen molar-refractivity contribution in [2.45, 2.75) is 12.0 Å². The monoisotopic (exact) mass is 238 g/mol. The van der Waals surface area contributed by atoms with E-state index in [-0.39, 0.29) is 5.91 Å². The van der Waals surface area contributed by atoms with Crippen molar-refractivity contribution in [3.63, 3.8) is 0 Å². The minimum atomic E-state index is -0.613. The minimum absolute atomic E-state index is 0.0643. The van der Waals surface area contributed by atoms with Crippen LogP contribution in [0.1, 0.15) is 6.42 Å². The highest BCUT2D eigenvalue weighted by molar-refractivity contribution is 6.35. The van der Waals surface area contributed by atoms with Crippen molar-refractivity contribution >= 4 is 28.9 Å². The Morgan fingerprint density at radius 3 is 3.06 bits per heavy atom. The van der Waals surface area contributed by atoms with Crippen molar-refractivity contribution < 1.29 is 9.53 Å². The van der Waals surface area contributed by atoms with Gasteiger partial charge < -0.3 is 15.4 Å². The van der Waals surface area contributed by atoms with E-state index in [1.165, 1.54) is 0 Å². The first-order chi connectivity index (χ1) is 7.71. The number of nitrogens with one attached hydrogen (secondary N) is 2. The molecule has 2 aliphatic rings. The third-order valence-corrected chi connectivity index (χ3v) is 3.40. The highest BCUT2D eigenvalue weighted by atomic mass is 35.5. The summed E-state index contributed by atoms with van der Waals surface area (Å²) in [6.45, 7) is 1.01. The van der Waals surface area contributed by atoms with Gasteiger partial charge in [-0.15, -0.1) is 0 Å². The molecular weight excluding hydrogens is 228 g/mol. The Balaban J connectivity index is 2.05. The maximum Gasteiger partial charge on any atom is 0.252 e. The molecule has 0 saturated carbocycles. The maximum absolute atomic E-state index is 12.0. The van der Waals surface area contributed by atoms with Gasteiger partial charge in [0.15, 0.2) is 0 Å². The van der Waals surface area contributed by atoms with E-state index in [0.29, 0.717) is 30.3 Å². The van der Waals surface area contributed by atoms with Crippen molar-refractivity contribution in [3.8, 4) is 0 Å². The van der Waals surface area contributed by atoms with Crippen LogP contribution in [-0.4, -0.2) is 24.7 Å². The summed E-state index contributed by atoms with van der Waals surface area (Å²) in [5.74, 6) is -0.0643. The first-order valence-electron chi connectivity index (χ1n) is 5.17. The number of carbonyl (C=O) groups is 1. The lowest BCUT2D eigenvalue weighted by molar-refractivity contribution is -0.120. The molecule has 0 aliphatic carbocycles. The molecule has 16 heavy (non-hydrogen) atoms. The standard InChI is InChI=1S/C11H11ClN2O2/c12-7-2-1-3-8-9(7)13-10(15)11(14-8)4-5-16-6-11/h1-3,14H,4-6H2,(H,13,15). The summed E-state index contributed by atoms with van der Waals surface area (Å²) in [5.41, 5.74) is 0.904. The summed E-state index contributed by atoms with van der Waals surface area (Å²) >= 11 is 6.02. The van der Waals surface area contributed by atoms with Gasteiger partial charge in [-0.2, -0.15) is 0 Å². The van der Waals surface area contributed by atoms with E-state index >= 15 is 0 Å². The number of rotatable bonds is 0. The van der Waals surface area contributed by atoms with Crippen LogP contribution in [0.5, 0.6) is 0 Å². The summed E-state index contributed by atoms with van der Waals surface area (Å²) in [4.78, 5) is 12.0. The Morgan fingerprint density at radius 2 is 2.31 bits per heavy atom. The van der Waals surface area contributed by atoms with E-state index in [4.69, 9.17) is 16.3 Å². The van der Waals surface area contributed by atoms with Gasteiger partial charge in [0.25, 0.3) is 5.91 Å². The molecule has 1 fully saturated rings. The van der Waals surface area contributed by atoms with Gasteiger partial charge >= 0.3 is 0 Å². The van der Waals surface area contributed by atoms with Crippen LogP contribution in [0.4, 0.5) is 11.4 Å². The molecule has 3 rings (SSSR count). The van der Waals surface area contributed by atoms with Crippen molar-refractivity contribution in [3.05, 3.63) is 23.2 Å². The van der Waals surface area contributed by atoms with Gasteiger partial charge in [-0.05, 0) is 12.1 Å². The average Bonchev–Trinajstić information content (AvgIpc) is 2.71. The molecule has 1 aromatic rings. The smallest absolute Gasteiger partial charge is 0.252 e. The Kier molecular flexibility index (Phi) is 2.09. The van der Waals surface area contributed by atoms with Gasteiger partial charge in [0, 0.05) is 13.0 Å². The predicted octanol–water partition coefficient (Wildman–Crippen LogP) is 1.86. The average molecular weight is 239 g/mol. The maximum atomic E-state index is 12.0. The fourth-order valence-corrected chi connectivity index (χ4v) is 2.37. The predicted molar refractivity (Wildman–Crippen MR) is 61.9 cm³/mol. The Bertz CT molecular complexity index is 455. The van der Waals surface area contributed by atoms with Crippen molar-refractivity contribution in [1.82, 2.24) is 0 Å². The van der Waals surface area contributed by atoms with Crippen molar-refractivity contribution in [1.29, 1.82) is 0 Å². The second-order valence-electron chi connectivity index (χ2n) is 4.13. The van der Waals surface area contributed by atoms with Gasteiger partial charge in [-0.25, -0.2) is 0 Å². The molecule has 2 N–H and O–H groups in total. The number of hydrogen-bond acceptors (Lipinski definition) is 3. The fraction of sp³-hybridized carbons (Fsp3) is 0.364.